The Morgan fingerprint density at radius 3 is 2.47 bits per heavy atom. The summed E-state index contributed by atoms with van der Waals surface area (Å²) in [5.74, 6) is 2.33. The number of carbonyl (C=O) groups excluding carboxylic acids is 1. The van der Waals surface area contributed by atoms with Crippen LogP contribution in [0.2, 0.25) is 0 Å². The van der Waals surface area contributed by atoms with Gasteiger partial charge in [0.2, 0.25) is 5.89 Å². The third-order valence-electron chi connectivity index (χ3n) is 7.76. The average molecular weight is 633 g/mol. The summed E-state index contributed by atoms with van der Waals surface area (Å²) in [5.41, 5.74) is 1.44. The summed E-state index contributed by atoms with van der Waals surface area (Å²) < 4.78 is 11.5. The molecule has 2 aliphatic rings. The molecular weight excluding hydrogens is 592 g/mol. The second-order valence-electron chi connectivity index (χ2n) is 12.6. The topological polar surface area (TPSA) is 142 Å². The maximum Gasteiger partial charge on any atom is 0.410 e. The number of amides is 1. The van der Waals surface area contributed by atoms with Crippen molar-refractivity contribution in [3.05, 3.63) is 54.2 Å². The van der Waals surface area contributed by atoms with Crippen molar-refractivity contribution >= 4 is 34.2 Å². The summed E-state index contributed by atoms with van der Waals surface area (Å²) in [6.45, 7) is 9.10. The molecule has 1 aromatic carbocycles. The third kappa shape index (κ3) is 8.35. The van der Waals surface area contributed by atoms with Crippen molar-refractivity contribution in [1.82, 2.24) is 30.0 Å². The normalized spacial score (nSPS) is 19.3. The van der Waals surface area contributed by atoms with Gasteiger partial charge >= 0.3 is 6.09 Å². The Bertz CT molecular complexity index is 1570. The van der Waals surface area contributed by atoms with Crippen LogP contribution in [0.3, 0.4) is 0 Å². The number of nitrogens with zero attached hydrogens (tertiary/aromatic N) is 6. The average Bonchev–Trinajstić information content (AvgIpc) is 3.69. The molecule has 238 valence electrons. The number of pyridine rings is 1. The zero-order valence-electron chi connectivity index (χ0n) is 25.9. The van der Waals surface area contributed by atoms with Crippen LogP contribution in [0.15, 0.2) is 53.1 Å². The molecule has 1 amide bonds. The Hall–Kier alpha value is -4.07. The van der Waals surface area contributed by atoms with E-state index >= 15 is 0 Å². The van der Waals surface area contributed by atoms with E-state index in [-0.39, 0.29) is 18.2 Å². The lowest BCUT2D eigenvalue weighted by molar-refractivity contribution is 0.0139. The number of carbonyl (C=O) groups is 1. The summed E-state index contributed by atoms with van der Waals surface area (Å²) >= 11 is 1.41. The number of ether oxygens (including phenoxy) is 1. The van der Waals surface area contributed by atoms with Gasteiger partial charge in [-0.25, -0.2) is 14.8 Å². The molecule has 1 aliphatic carbocycles. The molecule has 13 heteroatoms. The van der Waals surface area contributed by atoms with E-state index < -0.39 is 5.60 Å². The predicted molar refractivity (Wildman–Crippen MR) is 173 cm³/mol. The molecule has 6 rings (SSSR count). The Morgan fingerprint density at radius 2 is 1.73 bits per heavy atom. The summed E-state index contributed by atoms with van der Waals surface area (Å²) in [6.07, 6.45) is 4.60. The van der Waals surface area contributed by atoms with E-state index in [2.05, 4.69) is 36.8 Å². The minimum absolute atomic E-state index is 0.222. The van der Waals surface area contributed by atoms with E-state index in [1.54, 1.807) is 11.1 Å². The minimum atomic E-state index is -0.511. The zero-order chi connectivity index (χ0) is 31.4. The fourth-order valence-corrected chi connectivity index (χ4v) is 6.22. The molecule has 3 aromatic heterocycles. The molecule has 4 heterocycles. The first-order valence-corrected chi connectivity index (χ1v) is 16.3. The van der Waals surface area contributed by atoms with Gasteiger partial charge in [0.1, 0.15) is 22.1 Å². The molecule has 3 N–H and O–H groups in total. The van der Waals surface area contributed by atoms with Crippen molar-refractivity contribution < 1.29 is 19.1 Å². The fourth-order valence-electron chi connectivity index (χ4n) is 5.48. The number of rotatable bonds is 8. The van der Waals surface area contributed by atoms with Gasteiger partial charge in [0.15, 0.2) is 5.13 Å². The fraction of sp³-hybridized carbons (Fsp3) is 0.469. The summed E-state index contributed by atoms with van der Waals surface area (Å²) in [6, 6.07) is 14.0. The van der Waals surface area contributed by atoms with Gasteiger partial charge in [0.05, 0.1) is 12.3 Å². The Labute approximate surface area is 266 Å². The third-order valence-corrected chi connectivity index (χ3v) is 8.66. The lowest BCUT2D eigenvalue weighted by atomic mass is 9.93. The highest BCUT2D eigenvalue weighted by molar-refractivity contribution is 7.18. The Kier molecular flexibility index (Phi) is 9.29. The van der Waals surface area contributed by atoms with Gasteiger partial charge in [-0.3, -0.25) is 4.90 Å². The van der Waals surface area contributed by atoms with Crippen LogP contribution in [0, 0.1) is 0 Å². The first-order chi connectivity index (χ1) is 21.7. The number of hydrogen-bond donors (Lipinski definition) is 3. The van der Waals surface area contributed by atoms with Crippen LogP contribution < -0.4 is 10.6 Å². The molecule has 2 fully saturated rings. The Morgan fingerprint density at radius 1 is 1.02 bits per heavy atom. The highest BCUT2D eigenvalue weighted by Crippen LogP contribution is 2.32. The molecule has 0 atom stereocenters. The van der Waals surface area contributed by atoms with E-state index in [1.165, 1.54) is 11.3 Å². The van der Waals surface area contributed by atoms with Crippen molar-refractivity contribution in [2.75, 3.05) is 36.8 Å². The van der Waals surface area contributed by atoms with Crippen molar-refractivity contribution in [2.24, 2.45) is 0 Å². The second-order valence-corrected chi connectivity index (χ2v) is 13.6. The standard InChI is InChI=1S/C32H40N8O4S/c1-32(2,3)44-31(42)40-15-13-39(14-16-40)20-21-17-26(34-23-9-11-24(41)12-10-23)35-27(18-21)36-30-33-19-25(45-30)29-38-37-28(43-29)22-7-5-4-6-8-22/h4-8,17-19,23-24,41H,9-16,20H2,1-3H3,(H2,33,34,35,36). The van der Waals surface area contributed by atoms with Crippen LogP contribution in [0.25, 0.3) is 22.2 Å². The van der Waals surface area contributed by atoms with Crippen LogP contribution >= 0.6 is 11.3 Å². The largest absolute Gasteiger partial charge is 0.444 e. The smallest absolute Gasteiger partial charge is 0.410 e. The second kappa shape index (κ2) is 13.5. The first-order valence-electron chi connectivity index (χ1n) is 15.4. The van der Waals surface area contributed by atoms with E-state index in [4.69, 9.17) is 14.1 Å². The van der Waals surface area contributed by atoms with Gasteiger partial charge < -0.3 is 29.8 Å². The molecule has 12 nitrogen and oxygen atoms in total. The highest BCUT2D eigenvalue weighted by Gasteiger charge is 2.26. The number of hydrogen-bond acceptors (Lipinski definition) is 12. The maximum atomic E-state index is 12.5. The molecule has 0 unspecified atom stereocenters. The van der Waals surface area contributed by atoms with Crippen molar-refractivity contribution in [3.8, 4) is 22.2 Å². The highest BCUT2D eigenvalue weighted by atomic mass is 32.1. The van der Waals surface area contributed by atoms with Crippen LogP contribution in [0.5, 0.6) is 0 Å². The number of thiazole rings is 1. The SMILES string of the molecule is CC(C)(C)OC(=O)N1CCN(Cc2cc(Nc3ncc(-c4nnc(-c5ccccc5)o4)s3)nc(NC3CCC(O)CC3)c2)CC1. The van der Waals surface area contributed by atoms with Gasteiger partial charge in [0.25, 0.3) is 5.89 Å². The van der Waals surface area contributed by atoms with Crippen LogP contribution in [-0.4, -0.2) is 85.1 Å². The van der Waals surface area contributed by atoms with Gasteiger partial charge in [-0.2, -0.15) is 0 Å². The molecule has 1 saturated carbocycles. The number of benzene rings is 1. The monoisotopic (exact) mass is 632 g/mol. The summed E-state index contributed by atoms with van der Waals surface area (Å²) in [7, 11) is 0. The molecule has 0 bridgehead atoms. The zero-order valence-corrected chi connectivity index (χ0v) is 26.7. The van der Waals surface area contributed by atoms with E-state index in [0.717, 1.165) is 60.6 Å². The van der Waals surface area contributed by atoms with Gasteiger partial charge in [-0.15, -0.1) is 10.2 Å². The minimum Gasteiger partial charge on any atom is -0.444 e. The van der Waals surface area contributed by atoms with Gasteiger partial charge in [-0.1, -0.05) is 29.5 Å². The Balaban J connectivity index is 1.15. The van der Waals surface area contributed by atoms with Crippen LogP contribution in [0.1, 0.15) is 52.0 Å². The van der Waals surface area contributed by atoms with Crippen LogP contribution in [0.4, 0.5) is 21.6 Å². The summed E-state index contributed by atoms with van der Waals surface area (Å²) in [5, 5.41) is 26.0. The van der Waals surface area contributed by atoms with Crippen molar-refractivity contribution in [1.29, 1.82) is 0 Å². The van der Waals surface area contributed by atoms with Gasteiger partial charge in [0, 0.05) is 44.3 Å². The first kappa shape index (κ1) is 30.9. The number of piperazine rings is 1. The number of aliphatic hydroxyl groups excluding tert-OH is 1. The lowest BCUT2D eigenvalue weighted by Gasteiger charge is -2.35. The molecule has 1 aliphatic heterocycles. The summed E-state index contributed by atoms with van der Waals surface area (Å²) in [4.78, 5) is 26.8. The number of anilines is 3. The van der Waals surface area contributed by atoms with Gasteiger partial charge in [-0.05, 0) is 76.3 Å². The van der Waals surface area contributed by atoms with E-state index in [9.17, 15) is 9.90 Å². The van der Waals surface area contributed by atoms with E-state index in [0.29, 0.717) is 42.4 Å². The molecule has 4 aromatic rings. The quantitative estimate of drug-likeness (QED) is 0.218. The lowest BCUT2D eigenvalue weighted by Crippen LogP contribution is -2.49. The molecule has 0 radical (unpaired) electrons. The molecule has 0 spiro atoms. The van der Waals surface area contributed by atoms with Crippen LogP contribution in [-0.2, 0) is 11.3 Å². The molecule has 1 saturated heterocycles. The van der Waals surface area contributed by atoms with Crippen molar-refractivity contribution in [2.45, 2.75) is 70.7 Å². The number of aromatic nitrogens is 4. The number of aliphatic hydroxyl groups is 1. The number of nitrogens with one attached hydrogen (secondary N) is 2. The van der Waals surface area contributed by atoms with E-state index in [1.807, 2.05) is 57.2 Å². The van der Waals surface area contributed by atoms with Crippen molar-refractivity contribution in [3.63, 3.8) is 0 Å². The maximum absolute atomic E-state index is 12.5. The molecule has 45 heavy (non-hydrogen) atoms. The molecular formula is C32H40N8O4S. The predicted octanol–water partition coefficient (Wildman–Crippen LogP) is 5.77.